The highest BCUT2D eigenvalue weighted by Crippen LogP contribution is 2.26. The summed E-state index contributed by atoms with van der Waals surface area (Å²) in [5.41, 5.74) is 8.07. The Kier molecular flexibility index (Phi) is 7.57. The van der Waals surface area contributed by atoms with Gasteiger partial charge in [0.1, 0.15) is 7.05 Å². The van der Waals surface area contributed by atoms with E-state index < -0.39 is 0 Å². The molecule has 168 valence electrons. The van der Waals surface area contributed by atoms with Crippen LogP contribution in [0.5, 0.6) is 0 Å². The second-order valence-corrected chi connectivity index (χ2v) is 9.16. The van der Waals surface area contributed by atoms with E-state index in [0.29, 0.717) is 6.42 Å². The second-order valence-electron chi connectivity index (χ2n) is 8.24. The fraction of sp³-hybridized carbons (Fsp3) is 0.133. The van der Waals surface area contributed by atoms with E-state index in [9.17, 15) is 0 Å². The van der Waals surface area contributed by atoms with E-state index in [1.165, 1.54) is 16.7 Å². The van der Waals surface area contributed by atoms with Crippen LogP contribution in [-0.4, -0.2) is 13.6 Å². The lowest BCUT2D eigenvalue weighted by molar-refractivity contribution is -0.662. The number of nitrogens with zero attached hydrogens (tertiary/aromatic N) is 3. The van der Waals surface area contributed by atoms with Crippen molar-refractivity contribution in [3.8, 4) is 28.5 Å². The molecule has 0 unspecified atom stereocenters. The highest BCUT2D eigenvalue weighted by molar-refractivity contribution is 9.10. The first-order valence-corrected chi connectivity index (χ1v) is 12.1. The third-order valence-electron chi connectivity index (χ3n) is 5.93. The van der Waals surface area contributed by atoms with Crippen LogP contribution >= 0.6 is 15.9 Å². The van der Waals surface area contributed by atoms with Crippen LogP contribution in [0.3, 0.4) is 0 Å². The van der Waals surface area contributed by atoms with Gasteiger partial charge >= 0.3 is 0 Å². The zero-order valence-corrected chi connectivity index (χ0v) is 21.0. The van der Waals surface area contributed by atoms with Crippen LogP contribution in [0.1, 0.15) is 17.7 Å². The van der Waals surface area contributed by atoms with Gasteiger partial charge in [-0.1, -0.05) is 58.4 Å². The van der Waals surface area contributed by atoms with Crippen LogP contribution in [0.15, 0.2) is 95.5 Å². The first-order chi connectivity index (χ1) is 16.5. The fourth-order valence-electron chi connectivity index (χ4n) is 3.90. The van der Waals surface area contributed by atoms with Gasteiger partial charge in [0.05, 0.1) is 12.5 Å². The van der Waals surface area contributed by atoms with Crippen molar-refractivity contribution >= 4 is 33.8 Å². The third-order valence-corrected chi connectivity index (χ3v) is 6.46. The highest BCUT2D eigenvalue weighted by atomic mass is 79.9. The van der Waals surface area contributed by atoms with E-state index >= 15 is 0 Å². The molecule has 1 heterocycles. The predicted octanol–water partition coefficient (Wildman–Crippen LogP) is 7.13. The molecule has 0 radical (unpaired) electrons. The van der Waals surface area contributed by atoms with Gasteiger partial charge in [-0.2, -0.15) is 9.83 Å². The predicted molar refractivity (Wildman–Crippen MR) is 145 cm³/mol. The van der Waals surface area contributed by atoms with Crippen LogP contribution in [-0.2, 0) is 7.05 Å². The molecule has 4 rings (SSSR count). The monoisotopic (exact) mass is 508 g/mol. The first-order valence-electron chi connectivity index (χ1n) is 11.3. The Morgan fingerprint density at radius 2 is 1.56 bits per heavy atom. The minimum Gasteiger partial charge on any atom is -0.374 e. The number of hydrogen-bond acceptors (Lipinski definition) is 2. The molecule has 0 aliphatic rings. The number of pyridine rings is 1. The number of anilines is 1. The molecule has 0 bridgehead atoms. The van der Waals surface area contributed by atoms with E-state index in [4.69, 9.17) is 5.26 Å². The Hall–Kier alpha value is -3.68. The van der Waals surface area contributed by atoms with E-state index in [-0.39, 0.29) is 0 Å². The highest BCUT2D eigenvalue weighted by Gasteiger charge is 2.16. The quantitative estimate of drug-likeness (QED) is 0.248. The molecule has 0 fully saturated rings. The normalized spacial score (nSPS) is 10.9. The minimum atomic E-state index is 0.521. The van der Waals surface area contributed by atoms with Gasteiger partial charge in [-0.25, -0.2) is 0 Å². The molecule has 34 heavy (non-hydrogen) atoms. The third kappa shape index (κ3) is 5.62. The molecule has 0 aliphatic carbocycles. The molecule has 0 atom stereocenters. The zero-order chi connectivity index (χ0) is 23.9. The molecule has 4 heteroatoms. The summed E-state index contributed by atoms with van der Waals surface area (Å²) in [6.07, 6.45) is 4.84. The molecular formula is C30H27BrN3+. The van der Waals surface area contributed by atoms with Crippen molar-refractivity contribution in [2.45, 2.75) is 6.42 Å². The fourth-order valence-corrected chi connectivity index (χ4v) is 4.17. The van der Waals surface area contributed by atoms with Crippen molar-refractivity contribution in [1.29, 1.82) is 5.26 Å². The summed E-state index contributed by atoms with van der Waals surface area (Å²) < 4.78 is 3.30. The van der Waals surface area contributed by atoms with Crippen LogP contribution in [0.25, 0.3) is 34.5 Å². The van der Waals surface area contributed by atoms with Crippen molar-refractivity contribution in [2.24, 2.45) is 7.05 Å². The van der Waals surface area contributed by atoms with Crippen LogP contribution < -0.4 is 9.47 Å². The SMILES string of the molecule is CN(CCC#N)c1ccc(C=Cc2cc(-c3ccccc3)cc(-c3ccc(Br)cc3)[n+]2C)cc1. The lowest BCUT2D eigenvalue weighted by atomic mass is 10.0. The number of halogens is 1. The van der Waals surface area contributed by atoms with Crippen molar-refractivity contribution in [3.05, 3.63) is 107 Å². The largest absolute Gasteiger partial charge is 0.374 e. The Labute approximate surface area is 210 Å². The van der Waals surface area contributed by atoms with Gasteiger partial charge in [0.25, 0.3) is 0 Å². The average Bonchev–Trinajstić information content (AvgIpc) is 2.88. The molecule has 0 saturated heterocycles. The van der Waals surface area contributed by atoms with E-state index in [1.807, 2.05) is 13.1 Å². The van der Waals surface area contributed by atoms with Gasteiger partial charge in [0, 0.05) is 47.5 Å². The van der Waals surface area contributed by atoms with Crippen molar-refractivity contribution < 1.29 is 4.57 Å². The molecule has 0 N–H and O–H groups in total. The molecule has 4 aromatic rings. The topological polar surface area (TPSA) is 30.9 Å². The zero-order valence-electron chi connectivity index (χ0n) is 19.4. The van der Waals surface area contributed by atoms with Gasteiger partial charge in [-0.3, -0.25) is 0 Å². The maximum absolute atomic E-state index is 8.81. The summed E-state index contributed by atoms with van der Waals surface area (Å²) in [6.45, 7) is 0.729. The van der Waals surface area contributed by atoms with Gasteiger partial charge in [0.2, 0.25) is 11.4 Å². The van der Waals surface area contributed by atoms with Crippen molar-refractivity contribution in [2.75, 3.05) is 18.5 Å². The smallest absolute Gasteiger partial charge is 0.213 e. The number of nitriles is 1. The Morgan fingerprint density at radius 1 is 0.853 bits per heavy atom. The summed E-state index contributed by atoms with van der Waals surface area (Å²) in [5, 5.41) is 8.81. The first kappa shape index (κ1) is 23.5. The summed E-state index contributed by atoms with van der Waals surface area (Å²) >= 11 is 3.54. The molecule has 3 aromatic carbocycles. The van der Waals surface area contributed by atoms with Gasteiger partial charge < -0.3 is 4.90 Å². The van der Waals surface area contributed by atoms with E-state index in [0.717, 1.165) is 33.7 Å². The Balaban J connectivity index is 1.69. The second kappa shape index (κ2) is 11.0. The van der Waals surface area contributed by atoms with Gasteiger partial charge in [0.15, 0.2) is 0 Å². The molecule has 0 aliphatic heterocycles. The molecule has 0 amide bonds. The number of benzene rings is 3. The van der Waals surface area contributed by atoms with Crippen molar-refractivity contribution in [1.82, 2.24) is 0 Å². The van der Waals surface area contributed by atoms with Crippen LogP contribution in [0, 0.1) is 11.3 Å². The van der Waals surface area contributed by atoms with Crippen molar-refractivity contribution in [3.63, 3.8) is 0 Å². The average molecular weight is 509 g/mol. The van der Waals surface area contributed by atoms with Gasteiger partial charge in [-0.15, -0.1) is 0 Å². The number of rotatable bonds is 7. The molecular weight excluding hydrogens is 482 g/mol. The van der Waals surface area contributed by atoms with Crippen LogP contribution in [0.4, 0.5) is 5.69 Å². The van der Waals surface area contributed by atoms with E-state index in [1.54, 1.807) is 0 Å². The Morgan fingerprint density at radius 3 is 2.24 bits per heavy atom. The molecule has 1 aromatic heterocycles. The minimum absolute atomic E-state index is 0.521. The Bertz CT molecular complexity index is 1320. The van der Waals surface area contributed by atoms with E-state index in [2.05, 4.69) is 136 Å². The number of hydrogen-bond donors (Lipinski definition) is 0. The lowest BCUT2D eigenvalue weighted by Crippen LogP contribution is -2.34. The summed E-state index contributed by atoms with van der Waals surface area (Å²) in [5.74, 6) is 0. The van der Waals surface area contributed by atoms with Crippen LogP contribution in [0.2, 0.25) is 0 Å². The summed E-state index contributed by atoms with van der Waals surface area (Å²) in [7, 11) is 4.12. The summed E-state index contributed by atoms with van der Waals surface area (Å²) in [4.78, 5) is 2.10. The number of aromatic nitrogens is 1. The standard InChI is InChI=1S/C30H27BrN3/c1-33(20-6-19-32)28-16-9-23(10-17-28)11-18-29-21-26(24-7-4-3-5-8-24)22-30(34(29)2)25-12-14-27(31)15-13-25/h3-5,7-18,21-22H,6,20H2,1-2H3/q+1. The maximum Gasteiger partial charge on any atom is 0.213 e. The maximum atomic E-state index is 8.81. The van der Waals surface area contributed by atoms with Gasteiger partial charge in [-0.05, 0) is 59.2 Å². The molecule has 3 nitrogen and oxygen atoms in total. The summed E-state index contributed by atoms with van der Waals surface area (Å²) in [6, 6.07) is 34.1. The molecule has 0 spiro atoms. The molecule has 0 saturated carbocycles. The lowest BCUT2D eigenvalue weighted by Gasteiger charge is -2.17.